The quantitative estimate of drug-likeness (QED) is 0.649. The SMILES string of the molecule is Cc1nc2ncnn2c(N2CCC(OCc3ccc(Cl)c(Cl)c3)CC2)c1C. The lowest BCUT2D eigenvalue weighted by molar-refractivity contribution is 0.0250. The maximum Gasteiger partial charge on any atom is 0.254 e. The maximum atomic E-state index is 6.10. The van der Waals surface area contributed by atoms with Gasteiger partial charge in [0.25, 0.3) is 5.78 Å². The van der Waals surface area contributed by atoms with Gasteiger partial charge in [-0.25, -0.2) is 4.98 Å². The summed E-state index contributed by atoms with van der Waals surface area (Å²) < 4.78 is 7.93. The number of hydrogen-bond donors (Lipinski definition) is 0. The van der Waals surface area contributed by atoms with E-state index in [1.807, 2.05) is 29.6 Å². The summed E-state index contributed by atoms with van der Waals surface area (Å²) in [7, 11) is 0. The molecule has 0 atom stereocenters. The van der Waals surface area contributed by atoms with Crippen LogP contribution in [0.25, 0.3) is 5.78 Å². The van der Waals surface area contributed by atoms with Crippen molar-refractivity contribution in [2.24, 2.45) is 0 Å². The molecule has 0 bridgehead atoms. The van der Waals surface area contributed by atoms with Crippen LogP contribution >= 0.6 is 23.2 Å². The van der Waals surface area contributed by atoms with E-state index in [0.29, 0.717) is 22.4 Å². The van der Waals surface area contributed by atoms with E-state index in [0.717, 1.165) is 48.6 Å². The summed E-state index contributed by atoms with van der Waals surface area (Å²) in [6.07, 6.45) is 3.69. The fraction of sp³-hybridized carbons (Fsp3) is 0.421. The third-order valence-corrected chi connectivity index (χ3v) is 5.83. The van der Waals surface area contributed by atoms with Gasteiger partial charge in [-0.05, 0) is 44.4 Å². The largest absolute Gasteiger partial charge is 0.373 e. The molecular formula is C19H21Cl2N5O. The topological polar surface area (TPSA) is 55.5 Å². The fourth-order valence-corrected chi connectivity index (χ4v) is 3.79. The Kier molecular flexibility index (Phi) is 5.21. The number of ether oxygens (including phenoxy) is 1. The molecule has 1 aliphatic rings. The number of aromatic nitrogens is 4. The van der Waals surface area contributed by atoms with Crippen molar-refractivity contribution >= 4 is 34.8 Å². The average Bonchev–Trinajstić information content (AvgIpc) is 3.12. The Labute approximate surface area is 168 Å². The lowest BCUT2D eigenvalue weighted by Gasteiger charge is -2.34. The van der Waals surface area contributed by atoms with Crippen LogP contribution in [0.3, 0.4) is 0 Å². The van der Waals surface area contributed by atoms with Crippen molar-refractivity contribution in [1.82, 2.24) is 19.6 Å². The van der Waals surface area contributed by atoms with Gasteiger partial charge in [0.05, 0.1) is 22.8 Å². The van der Waals surface area contributed by atoms with Gasteiger partial charge in [0.1, 0.15) is 12.1 Å². The zero-order chi connectivity index (χ0) is 19.0. The normalized spacial score (nSPS) is 15.6. The summed E-state index contributed by atoms with van der Waals surface area (Å²) in [5.74, 6) is 1.73. The van der Waals surface area contributed by atoms with Crippen LogP contribution in [0.2, 0.25) is 10.0 Å². The van der Waals surface area contributed by atoms with Crippen LogP contribution in [0, 0.1) is 13.8 Å². The highest BCUT2D eigenvalue weighted by molar-refractivity contribution is 6.42. The zero-order valence-corrected chi connectivity index (χ0v) is 16.8. The average molecular weight is 406 g/mol. The number of halogens is 2. The molecule has 0 spiro atoms. The molecule has 3 aromatic rings. The minimum atomic E-state index is 0.227. The fourth-order valence-electron chi connectivity index (χ4n) is 3.46. The van der Waals surface area contributed by atoms with Gasteiger partial charge >= 0.3 is 0 Å². The lowest BCUT2D eigenvalue weighted by atomic mass is 10.1. The zero-order valence-electron chi connectivity index (χ0n) is 15.3. The van der Waals surface area contributed by atoms with Crippen LogP contribution in [0.4, 0.5) is 5.82 Å². The van der Waals surface area contributed by atoms with Crippen LogP contribution in [0.15, 0.2) is 24.5 Å². The predicted octanol–water partition coefficient (Wildman–Crippen LogP) is 4.23. The highest BCUT2D eigenvalue weighted by Crippen LogP contribution is 2.27. The van der Waals surface area contributed by atoms with Crippen molar-refractivity contribution in [3.05, 3.63) is 51.4 Å². The Bertz CT molecular complexity index is 966. The molecule has 6 nitrogen and oxygen atoms in total. The number of rotatable bonds is 4. The first-order chi connectivity index (χ1) is 13.0. The number of benzene rings is 1. The van der Waals surface area contributed by atoms with E-state index < -0.39 is 0 Å². The summed E-state index contributed by atoms with van der Waals surface area (Å²) in [6.45, 7) is 6.46. The monoisotopic (exact) mass is 405 g/mol. The number of nitrogens with zero attached hydrogens (tertiary/aromatic N) is 5. The van der Waals surface area contributed by atoms with Gasteiger partial charge in [-0.1, -0.05) is 29.3 Å². The van der Waals surface area contributed by atoms with Gasteiger partial charge in [0.2, 0.25) is 0 Å². The molecular weight excluding hydrogens is 385 g/mol. The van der Waals surface area contributed by atoms with Crippen molar-refractivity contribution in [2.75, 3.05) is 18.0 Å². The smallest absolute Gasteiger partial charge is 0.254 e. The second kappa shape index (κ2) is 7.62. The molecule has 27 heavy (non-hydrogen) atoms. The molecule has 3 heterocycles. The minimum Gasteiger partial charge on any atom is -0.373 e. The van der Waals surface area contributed by atoms with Gasteiger partial charge in [0, 0.05) is 24.3 Å². The van der Waals surface area contributed by atoms with E-state index in [1.165, 1.54) is 0 Å². The van der Waals surface area contributed by atoms with Crippen LogP contribution in [-0.2, 0) is 11.3 Å². The molecule has 8 heteroatoms. The summed E-state index contributed by atoms with van der Waals surface area (Å²) >= 11 is 12.0. The molecule has 0 N–H and O–H groups in total. The van der Waals surface area contributed by atoms with Crippen molar-refractivity contribution < 1.29 is 4.74 Å². The Morgan fingerprint density at radius 1 is 1.15 bits per heavy atom. The number of fused-ring (bicyclic) bond motifs is 1. The van der Waals surface area contributed by atoms with Gasteiger partial charge in [-0.3, -0.25) is 0 Å². The van der Waals surface area contributed by atoms with E-state index >= 15 is 0 Å². The number of piperidine rings is 1. The second-order valence-corrected chi connectivity index (χ2v) is 7.68. The molecule has 142 valence electrons. The Balaban J connectivity index is 1.41. The number of hydrogen-bond acceptors (Lipinski definition) is 5. The number of aryl methyl sites for hydroxylation is 1. The summed E-state index contributed by atoms with van der Waals surface area (Å²) in [5, 5.41) is 5.48. The van der Waals surface area contributed by atoms with Crippen molar-refractivity contribution in [1.29, 1.82) is 0 Å². The molecule has 1 aromatic carbocycles. The van der Waals surface area contributed by atoms with Crippen molar-refractivity contribution in [2.45, 2.75) is 39.4 Å². The van der Waals surface area contributed by atoms with Gasteiger partial charge < -0.3 is 9.64 Å². The third-order valence-electron chi connectivity index (χ3n) is 5.09. The van der Waals surface area contributed by atoms with Crippen molar-refractivity contribution in [3.8, 4) is 0 Å². The Morgan fingerprint density at radius 3 is 2.67 bits per heavy atom. The molecule has 1 fully saturated rings. The first-order valence-corrected chi connectivity index (χ1v) is 9.76. The van der Waals surface area contributed by atoms with Gasteiger partial charge in [0.15, 0.2) is 0 Å². The summed E-state index contributed by atoms with van der Waals surface area (Å²) in [6, 6.07) is 5.63. The highest BCUT2D eigenvalue weighted by atomic mass is 35.5. The summed E-state index contributed by atoms with van der Waals surface area (Å²) in [4.78, 5) is 11.1. The number of anilines is 1. The highest BCUT2D eigenvalue weighted by Gasteiger charge is 2.24. The van der Waals surface area contributed by atoms with Crippen molar-refractivity contribution in [3.63, 3.8) is 0 Å². The molecule has 0 saturated carbocycles. The van der Waals surface area contributed by atoms with Gasteiger partial charge in [-0.15, -0.1) is 0 Å². The van der Waals surface area contributed by atoms with Crippen LogP contribution < -0.4 is 4.90 Å². The molecule has 0 aliphatic carbocycles. The lowest BCUT2D eigenvalue weighted by Crippen LogP contribution is -2.38. The molecule has 0 radical (unpaired) electrons. The molecule has 0 unspecified atom stereocenters. The Morgan fingerprint density at radius 2 is 1.93 bits per heavy atom. The first kappa shape index (κ1) is 18.5. The van der Waals surface area contributed by atoms with E-state index in [2.05, 4.69) is 26.9 Å². The maximum absolute atomic E-state index is 6.10. The Hall–Kier alpha value is -1.89. The predicted molar refractivity (Wildman–Crippen MR) is 107 cm³/mol. The standard InChI is InChI=1S/C19H21Cl2N5O/c1-12-13(2)24-19-22-11-23-26(19)18(12)25-7-5-15(6-8-25)27-10-14-3-4-16(20)17(21)9-14/h3-4,9,11,15H,5-8,10H2,1-2H3. The van der Waals surface area contributed by atoms with E-state index in [1.54, 1.807) is 6.33 Å². The van der Waals surface area contributed by atoms with Crippen LogP contribution in [-0.4, -0.2) is 38.8 Å². The van der Waals surface area contributed by atoms with Crippen LogP contribution in [0.1, 0.15) is 29.7 Å². The molecule has 1 saturated heterocycles. The molecule has 2 aromatic heterocycles. The molecule has 0 amide bonds. The van der Waals surface area contributed by atoms with E-state index in [-0.39, 0.29) is 6.10 Å². The van der Waals surface area contributed by atoms with Crippen LogP contribution in [0.5, 0.6) is 0 Å². The second-order valence-electron chi connectivity index (χ2n) is 6.86. The minimum absolute atomic E-state index is 0.227. The first-order valence-electron chi connectivity index (χ1n) is 9.00. The molecule has 1 aliphatic heterocycles. The third kappa shape index (κ3) is 3.74. The van der Waals surface area contributed by atoms with E-state index in [9.17, 15) is 0 Å². The van der Waals surface area contributed by atoms with E-state index in [4.69, 9.17) is 27.9 Å². The van der Waals surface area contributed by atoms with Gasteiger partial charge in [-0.2, -0.15) is 14.6 Å². The molecule has 4 rings (SSSR count). The summed E-state index contributed by atoms with van der Waals surface area (Å²) in [5.41, 5.74) is 3.17.